The molecule has 1 N–H and O–H groups in total. The van der Waals surface area contributed by atoms with Gasteiger partial charge in [-0.25, -0.2) is 4.98 Å². The molecule has 0 saturated carbocycles. The van der Waals surface area contributed by atoms with E-state index in [1.807, 2.05) is 0 Å². The molecule has 0 aliphatic carbocycles. The zero-order chi connectivity index (χ0) is 14.5. The maximum absolute atomic E-state index is 12.3. The van der Waals surface area contributed by atoms with Crippen LogP contribution in [0.2, 0.25) is 10.2 Å². The van der Waals surface area contributed by atoms with Crippen molar-refractivity contribution in [2.75, 3.05) is 5.32 Å². The van der Waals surface area contributed by atoms with Crippen molar-refractivity contribution in [3.63, 3.8) is 0 Å². The van der Waals surface area contributed by atoms with Gasteiger partial charge in [0.25, 0.3) is 0 Å². The third kappa shape index (κ3) is 4.21. The third-order valence-electron chi connectivity index (χ3n) is 2.41. The minimum absolute atomic E-state index is 0.0685. The van der Waals surface area contributed by atoms with Crippen molar-refractivity contribution in [3.8, 4) is 5.75 Å². The summed E-state index contributed by atoms with van der Waals surface area (Å²) in [5, 5.41) is 3.73. The Morgan fingerprint density at radius 1 is 1.20 bits per heavy atom. The van der Waals surface area contributed by atoms with Crippen LogP contribution >= 0.6 is 23.2 Å². The van der Waals surface area contributed by atoms with E-state index in [2.05, 4.69) is 15.0 Å². The van der Waals surface area contributed by atoms with Crippen LogP contribution in [0.4, 0.5) is 14.6 Å². The highest BCUT2D eigenvalue weighted by atomic mass is 35.5. The fraction of sp³-hybridized carbons (Fsp3) is 0.154. The summed E-state index contributed by atoms with van der Waals surface area (Å²) in [6.45, 7) is -2.66. The summed E-state index contributed by atoms with van der Waals surface area (Å²) >= 11 is 11.6. The van der Waals surface area contributed by atoms with Crippen molar-refractivity contribution < 1.29 is 13.5 Å². The van der Waals surface area contributed by atoms with Crippen molar-refractivity contribution in [1.29, 1.82) is 0 Å². The Morgan fingerprint density at radius 3 is 2.70 bits per heavy atom. The molecular weight excluding hydrogens is 309 g/mol. The molecule has 0 atom stereocenters. The smallest absolute Gasteiger partial charge is 0.387 e. The van der Waals surface area contributed by atoms with E-state index in [9.17, 15) is 8.78 Å². The minimum Gasteiger partial charge on any atom is -0.434 e. The lowest BCUT2D eigenvalue weighted by molar-refractivity contribution is -0.0504. The second-order valence-electron chi connectivity index (χ2n) is 3.83. The predicted octanol–water partition coefficient (Wildman–Crippen LogP) is 4.60. The lowest BCUT2D eigenvalue weighted by Crippen LogP contribution is -2.07. The second kappa shape index (κ2) is 6.72. The van der Waals surface area contributed by atoms with Gasteiger partial charge in [0.05, 0.1) is 0 Å². The van der Waals surface area contributed by atoms with E-state index in [-0.39, 0.29) is 12.3 Å². The maximum atomic E-state index is 12.3. The van der Waals surface area contributed by atoms with E-state index in [0.29, 0.717) is 21.6 Å². The first-order valence-corrected chi connectivity index (χ1v) is 6.40. The molecule has 2 aromatic rings. The second-order valence-corrected chi connectivity index (χ2v) is 4.65. The van der Waals surface area contributed by atoms with E-state index in [1.165, 1.54) is 12.1 Å². The number of hydrogen-bond donors (Lipinski definition) is 1. The quantitative estimate of drug-likeness (QED) is 0.818. The van der Waals surface area contributed by atoms with Crippen molar-refractivity contribution in [1.82, 2.24) is 4.98 Å². The van der Waals surface area contributed by atoms with Crippen LogP contribution in [-0.2, 0) is 6.54 Å². The SMILES string of the molecule is FC(F)Oc1ccc(Cl)cc1CNc1cccc(Cl)n1. The molecule has 0 amide bonds. The van der Waals surface area contributed by atoms with Crippen molar-refractivity contribution in [2.24, 2.45) is 0 Å². The number of anilines is 1. The molecule has 3 nitrogen and oxygen atoms in total. The fourth-order valence-corrected chi connectivity index (χ4v) is 1.95. The molecular formula is C13H10Cl2F2N2O. The Bertz CT molecular complexity index is 596. The Labute approximate surface area is 124 Å². The van der Waals surface area contributed by atoms with Gasteiger partial charge in [0, 0.05) is 17.1 Å². The summed E-state index contributed by atoms with van der Waals surface area (Å²) in [6, 6.07) is 9.52. The number of nitrogens with one attached hydrogen (secondary N) is 1. The number of hydrogen-bond acceptors (Lipinski definition) is 3. The zero-order valence-electron chi connectivity index (χ0n) is 10.1. The first kappa shape index (κ1) is 14.8. The van der Waals surface area contributed by atoms with Crippen LogP contribution in [0.5, 0.6) is 5.75 Å². The summed E-state index contributed by atoms with van der Waals surface area (Å²) in [6.07, 6.45) is 0. The number of benzene rings is 1. The van der Waals surface area contributed by atoms with Gasteiger partial charge < -0.3 is 10.1 Å². The molecule has 0 fully saturated rings. The van der Waals surface area contributed by atoms with Crippen LogP contribution < -0.4 is 10.1 Å². The van der Waals surface area contributed by atoms with Gasteiger partial charge in [0.2, 0.25) is 0 Å². The molecule has 7 heteroatoms. The van der Waals surface area contributed by atoms with Gasteiger partial charge in [-0.15, -0.1) is 0 Å². The number of rotatable bonds is 5. The zero-order valence-corrected chi connectivity index (χ0v) is 11.6. The number of ether oxygens (including phenoxy) is 1. The summed E-state index contributed by atoms with van der Waals surface area (Å²) in [5.74, 6) is 0.597. The predicted molar refractivity (Wildman–Crippen MR) is 74.7 cm³/mol. The monoisotopic (exact) mass is 318 g/mol. The van der Waals surface area contributed by atoms with Crippen molar-refractivity contribution in [2.45, 2.75) is 13.2 Å². The largest absolute Gasteiger partial charge is 0.434 e. The molecule has 0 unspecified atom stereocenters. The van der Waals surface area contributed by atoms with Gasteiger partial charge in [-0.3, -0.25) is 0 Å². The lowest BCUT2D eigenvalue weighted by atomic mass is 10.2. The topological polar surface area (TPSA) is 34.1 Å². The van der Waals surface area contributed by atoms with E-state index in [1.54, 1.807) is 24.3 Å². The van der Waals surface area contributed by atoms with E-state index in [4.69, 9.17) is 23.2 Å². The molecule has 1 aromatic heterocycles. The minimum atomic E-state index is -2.89. The summed E-state index contributed by atoms with van der Waals surface area (Å²) < 4.78 is 29.1. The van der Waals surface area contributed by atoms with Gasteiger partial charge in [-0.1, -0.05) is 29.3 Å². The summed E-state index contributed by atoms with van der Waals surface area (Å²) in [7, 11) is 0. The highest BCUT2D eigenvalue weighted by Gasteiger charge is 2.10. The molecule has 0 bridgehead atoms. The van der Waals surface area contributed by atoms with Crippen LogP contribution in [0, 0.1) is 0 Å². The van der Waals surface area contributed by atoms with Crippen LogP contribution in [0.1, 0.15) is 5.56 Å². The highest BCUT2D eigenvalue weighted by Crippen LogP contribution is 2.25. The first-order valence-electron chi connectivity index (χ1n) is 5.64. The molecule has 0 aliphatic rings. The Hall–Kier alpha value is -1.59. The van der Waals surface area contributed by atoms with E-state index < -0.39 is 6.61 Å². The third-order valence-corrected chi connectivity index (χ3v) is 2.86. The van der Waals surface area contributed by atoms with Gasteiger partial charge in [0.15, 0.2) is 0 Å². The van der Waals surface area contributed by atoms with Gasteiger partial charge in [-0.2, -0.15) is 8.78 Å². The van der Waals surface area contributed by atoms with Crippen LogP contribution in [0.15, 0.2) is 36.4 Å². The molecule has 1 aromatic carbocycles. The maximum Gasteiger partial charge on any atom is 0.387 e. The standard InChI is InChI=1S/C13H10Cl2F2N2O/c14-9-4-5-10(20-13(16)17)8(6-9)7-18-12-3-1-2-11(15)19-12/h1-6,13H,7H2,(H,18,19). The number of pyridine rings is 1. The number of nitrogens with zero attached hydrogens (tertiary/aromatic N) is 1. The molecule has 2 rings (SSSR count). The molecule has 106 valence electrons. The first-order chi connectivity index (χ1) is 9.54. The van der Waals surface area contributed by atoms with Crippen LogP contribution in [0.25, 0.3) is 0 Å². The number of aromatic nitrogens is 1. The summed E-state index contributed by atoms with van der Waals surface area (Å²) in [5.41, 5.74) is 0.500. The van der Waals surface area contributed by atoms with Gasteiger partial charge in [0.1, 0.15) is 16.7 Å². The summed E-state index contributed by atoms with van der Waals surface area (Å²) in [4.78, 5) is 4.03. The molecule has 1 heterocycles. The Balaban J connectivity index is 2.13. The van der Waals surface area contributed by atoms with Crippen molar-refractivity contribution in [3.05, 3.63) is 52.1 Å². The average Bonchev–Trinajstić information content (AvgIpc) is 2.39. The van der Waals surface area contributed by atoms with Gasteiger partial charge >= 0.3 is 6.61 Å². The molecule has 20 heavy (non-hydrogen) atoms. The highest BCUT2D eigenvalue weighted by molar-refractivity contribution is 6.30. The number of alkyl halides is 2. The average molecular weight is 319 g/mol. The Morgan fingerprint density at radius 2 is 2.00 bits per heavy atom. The van der Waals surface area contributed by atoms with Gasteiger partial charge in [-0.05, 0) is 30.3 Å². The Kier molecular flexibility index (Phi) is 4.98. The molecule has 0 aliphatic heterocycles. The normalized spacial score (nSPS) is 10.7. The molecule has 0 spiro atoms. The fourth-order valence-electron chi connectivity index (χ4n) is 1.59. The van der Waals surface area contributed by atoms with E-state index >= 15 is 0 Å². The number of halogens is 4. The molecule has 0 radical (unpaired) electrons. The van der Waals surface area contributed by atoms with Crippen molar-refractivity contribution >= 4 is 29.0 Å². The van der Waals surface area contributed by atoms with Crippen LogP contribution in [0.3, 0.4) is 0 Å². The van der Waals surface area contributed by atoms with E-state index in [0.717, 1.165) is 0 Å². The molecule has 0 saturated heterocycles. The lowest BCUT2D eigenvalue weighted by Gasteiger charge is -2.12. The van der Waals surface area contributed by atoms with Crippen LogP contribution in [-0.4, -0.2) is 11.6 Å².